The second kappa shape index (κ2) is 5.47. The van der Waals surface area contributed by atoms with Crippen molar-refractivity contribution in [1.29, 1.82) is 0 Å². The molecule has 0 amide bonds. The van der Waals surface area contributed by atoms with Crippen molar-refractivity contribution in [1.82, 2.24) is 4.90 Å². The molecule has 19 heavy (non-hydrogen) atoms. The minimum Gasteiger partial charge on any atom is -0.368 e. The van der Waals surface area contributed by atoms with Gasteiger partial charge in [0.2, 0.25) is 0 Å². The first-order valence-corrected chi connectivity index (χ1v) is 6.87. The molecule has 2 N–H and O–H groups in total. The number of nitrogens with zero attached hydrogens (tertiary/aromatic N) is 2. The average molecular weight is 265 g/mol. The summed E-state index contributed by atoms with van der Waals surface area (Å²) in [6, 6.07) is 7.21. The van der Waals surface area contributed by atoms with Gasteiger partial charge in [-0.15, -0.1) is 0 Å². The number of nitrogens with two attached hydrogens (primary N) is 1. The van der Waals surface area contributed by atoms with E-state index in [0.717, 1.165) is 25.2 Å². The van der Waals surface area contributed by atoms with E-state index in [9.17, 15) is 4.39 Å². The molecule has 0 aromatic heterocycles. The van der Waals surface area contributed by atoms with Gasteiger partial charge in [-0.1, -0.05) is 0 Å². The summed E-state index contributed by atoms with van der Waals surface area (Å²) in [6.45, 7) is 7.07. The van der Waals surface area contributed by atoms with Crippen molar-refractivity contribution < 1.29 is 4.39 Å². The van der Waals surface area contributed by atoms with Crippen molar-refractivity contribution >= 4 is 5.69 Å². The lowest BCUT2D eigenvalue weighted by molar-refractivity contribution is 0.0770. The lowest BCUT2D eigenvalue weighted by Crippen LogP contribution is -2.62. The first-order chi connectivity index (χ1) is 8.94. The Morgan fingerprint density at radius 3 is 2.53 bits per heavy atom. The molecule has 0 radical (unpaired) electrons. The van der Waals surface area contributed by atoms with Crippen LogP contribution in [0.3, 0.4) is 0 Å². The first-order valence-electron chi connectivity index (χ1n) is 6.87. The molecule has 0 aliphatic carbocycles. The molecule has 0 saturated carbocycles. The van der Waals surface area contributed by atoms with Gasteiger partial charge in [-0.2, -0.15) is 0 Å². The van der Waals surface area contributed by atoms with Crippen molar-refractivity contribution in [3.8, 4) is 0 Å². The van der Waals surface area contributed by atoms with Crippen LogP contribution in [0.25, 0.3) is 0 Å². The molecule has 1 aliphatic heterocycles. The third-order valence-corrected chi connectivity index (χ3v) is 4.20. The fourth-order valence-corrected chi connectivity index (χ4v) is 2.84. The van der Waals surface area contributed by atoms with E-state index in [-0.39, 0.29) is 11.4 Å². The topological polar surface area (TPSA) is 32.5 Å². The van der Waals surface area contributed by atoms with Crippen LogP contribution in [0.1, 0.15) is 20.3 Å². The van der Waals surface area contributed by atoms with Crippen molar-refractivity contribution in [2.24, 2.45) is 5.73 Å². The molecule has 1 saturated heterocycles. The highest BCUT2D eigenvalue weighted by atomic mass is 19.1. The molecule has 0 spiro atoms. The van der Waals surface area contributed by atoms with Crippen LogP contribution in [-0.2, 0) is 0 Å². The van der Waals surface area contributed by atoms with Gasteiger partial charge in [0.1, 0.15) is 5.82 Å². The summed E-state index contributed by atoms with van der Waals surface area (Å²) in [7, 11) is 2.17. The van der Waals surface area contributed by atoms with Gasteiger partial charge >= 0.3 is 0 Å². The van der Waals surface area contributed by atoms with Crippen LogP contribution < -0.4 is 10.6 Å². The highest BCUT2D eigenvalue weighted by Gasteiger charge is 2.37. The largest absolute Gasteiger partial charge is 0.368 e. The van der Waals surface area contributed by atoms with Gasteiger partial charge in [-0.3, -0.25) is 4.90 Å². The van der Waals surface area contributed by atoms with Crippen molar-refractivity contribution in [2.45, 2.75) is 31.8 Å². The minimum absolute atomic E-state index is 0.0898. The van der Waals surface area contributed by atoms with Crippen LogP contribution in [0.2, 0.25) is 0 Å². The second-order valence-electron chi connectivity index (χ2n) is 6.01. The normalized spacial score (nSPS) is 23.6. The zero-order valence-corrected chi connectivity index (χ0v) is 12.1. The maximum atomic E-state index is 13.0. The third-order valence-electron chi connectivity index (χ3n) is 4.20. The standard InChI is InChI=1S/C15H24FN3/c1-15(2)11-19(10-14(8-9-17)18(15)3)13-6-4-12(16)5-7-13/h4-7,14H,8-11,17H2,1-3H3. The lowest BCUT2D eigenvalue weighted by Gasteiger charge is -2.51. The molecular weight excluding hydrogens is 241 g/mol. The summed E-state index contributed by atoms with van der Waals surface area (Å²) in [5.41, 5.74) is 6.90. The Morgan fingerprint density at radius 2 is 1.95 bits per heavy atom. The van der Waals surface area contributed by atoms with E-state index in [1.807, 2.05) is 12.1 Å². The predicted molar refractivity (Wildman–Crippen MR) is 77.9 cm³/mol. The Morgan fingerprint density at radius 1 is 1.32 bits per heavy atom. The number of halogens is 1. The average Bonchev–Trinajstić information content (AvgIpc) is 2.36. The maximum absolute atomic E-state index is 13.0. The number of benzene rings is 1. The predicted octanol–water partition coefficient (Wildman–Crippen LogP) is 2.07. The molecule has 1 aliphatic rings. The van der Waals surface area contributed by atoms with E-state index < -0.39 is 0 Å². The van der Waals surface area contributed by atoms with Crippen LogP contribution in [0.5, 0.6) is 0 Å². The molecule has 2 rings (SSSR count). The molecular formula is C15H24FN3. The van der Waals surface area contributed by atoms with Crippen LogP contribution >= 0.6 is 0 Å². The van der Waals surface area contributed by atoms with Crippen molar-refractivity contribution in [2.75, 3.05) is 31.6 Å². The van der Waals surface area contributed by atoms with Gasteiger partial charge in [-0.05, 0) is 58.1 Å². The van der Waals surface area contributed by atoms with Crippen LogP contribution in [-0.4, -0.2) is 43.2 Å². The maximum Gasteiger partial charge on any atom is 0.123 e. The smallest absolute Gasteiger partial charge is 0.123 e. The summed E-state index contributed by atoms with van der Waals surface area (Å²) in [5, 5.41) is 0. The van der Waals surface area contributed by atoms with E-state index in [2.05, 4.69) is 30.7 Å². The molecule has 106 valence electrons. The third kappa shape index (κ3) is 3.07. The fraction of sp³-hybridized carbons (Fsp3) is 0.600. The highest BCUT2D eigenvalue weighted by molar-refractivity contribution is 5.47. The zero-order valence-electron chi connectivity index (χ0n) is 12.1. The highest BCUT2D eigenvalue weighted by Crippen LogP contribution is 2.28. The van der Waals surface area contributed by atoms with Crippen LogP contribution in [0.15, 0.2) is 24.3 Å². The van der Waals surface area contributed by atoms with E-state index in [1.165, 1.54) is 12.1 Å². The lowest BCUT2D eigenvalue weighted by atomic mass is 9.94. The number of likely N-dealkylation sites (N-methyl/N-ethyl adjacent to an activating group) is 1. The Kier molecular flexibility index (Phi) is 4.11. The molecule has 4 heteroatoms. The summed E-state index contributed by atoms with van der Waals surface area (Å²) in [6.07, 6.45) is 0.984. The number of piperazine rings is 1. The molecule has 1 heterocycles. The molecule has 1 fully saturated rings. The first kappa shape index (κ1) is 14.3. The van der Waals surface area contributed by atoms with E-state index >= 15 is 0 Å². The summed E-state index contributed by atoms with van der Waals surface area (Å²) in [4.78, 5) is 4.75. The Labute approximate surface area is 115 Å². The van der Waals surface area contributed by atoms with Crippen LogP contribution in [0.4, 0.5) is 10.1 Å². The molecule has 1 atom stereocenters. The monoisotopic (exact) mass is 265 g/mol. The summed E-state index contributed by atoms with van der Waals surface area (Å²) < 4.78 is 13.0. The van der Waals surface area contributed by atoms with Crippen molar-refractivity contribution in [3.63, 3.8) is 0 Å². The number of anilines is 1. The molecule has 0 bridgehead atoms. The van der Waals surface area contributed by atoms with E-state index in [0.29, 0.717) is 12.6 Å². The van der Waals surface area contributed by atoms with Gasteiger partial charge in [0.15, 0.2) is 0 Å². The summed E-state index contributed by atoms with van der Waals surface area (Å²) in [5.74, 6) is -0.185. The number of hydrogen-bond donors (Lipinski definition) is 1. The van der Waals surface area contributed by atoms with Gasteiger partial charge < -0.3 is 10.6 Å². The van der Waals surface area contributed by atoms with Gasteiger partial charge in [0.25, 0.3) is 0 Å². The van der Waals surface area contributed by atoms with Gasteiger partial charge in [-0.25, -0.2) is 4.39 Å². The van der Waals surface area contributed by atoms with Crippen LogP contribution in [0, 0.1) is 5.82 Å². The quantitative estimate of drug-likeness (QED) is 0.908. The minimum atomic E-state index is -0.185. The van der Waals surface area contributed by atoms with Crippen molar-refractivity contribution in [3.05, 3.63) is 30.1 Å². The Bertz CT molecular complexity index is 416. The Balaban J connectivity index is 2.20. The second-order valence-corrected chi connectivity index (χ2v) is 6.01. The van der Waals surface area contributed by atoms with E-state index in [4.69, 9.17) is 5.73 Å². The number of hydrogen-bond acceptors (Lipinski definition) is 3. The van der Waals surface area contributed by atoms with Gasteiger partial charge in [0.05, 0.1) is 0 Å². The molecule has 1 aromatic rings. The van der Waals surface area contributed by atoms with E-state index in [1.54, 1.807) is 0 Å². The number of rotatable bonds is 3. The molecule has 1 unspecified atom stereocenters. The van der Waals surface area contributed by atoms with Gasteiger partial charge in [0, 0.05) is 30.4 Å². The Hall–Kier alpha value is -1.13. The fourth-order valence-electron chi connectivity index (χ4n) is 2.84. The molecule has 1 aromatic carbocycles. The summed E-state index contributed by atoms with van der Waals surface area (Å²) >= 11 is 0. The zero-order chi connectivity index (χ0) is 14.0. The SMILES string of the molecule is CN1C(CCN)CN(c2ccc(F)cc2)CC1(C)C. The molecule has 3 nitrogen and oxygen atoms in total.